The molecule has 0 aliphatic carbocycles. The van der Waals surface area contributed by atoms with Crippen LogP contribution in [0.25, 0.3) is 0 Å². The summed E-state index contributed by atoms with van der Waals surface area (Å²) in [5.41, 5.74) is 2.12. The molecule has 7 nitrogen and oxygen atoms in total. The molecule has 1 amide bonds. The van der Waals surface area contributed by atoms with E-state index in [1.807, 2.05) is 31.2 Å². The molecule has 0 bridgehead atoms. The Labute approximate surface area is 221 Å². The average Bonchev–Trinajstić information content (AvgIpc) is 2.89. The Bertz CT molecular complexity index is 1320. The van der Waals surface area contributed by atoms with Gasteiger partial charge in [-0.15, -0.1) is 0 Å². The predicted octanol–water partition coefficient (Wildman–Crippen LogP) is 4.85. The third-order valence-electron chi connectivity index (χ3n) is 6.13. The van der Waals surface area contributed by atoms with Gasteiger partial charge >= 0.3 is 0 Å². The van der Waals surface area contributed by atoms with Crippen molar-refractivity contribution in [3.05, 3.63) is 82.3 Å². The van der Waals surface area contributed by atoms with Gasteiger partial charge in [-0.2, -0.15) is 0 Å². The molecule has 190 valence electrons. The summed E-state index contributed by atoms with van der Waals surface area (Å²) >= 11 is 12.5. The van der Waals surface area contributed by atoms with Crippen molar-refractivity contribution < 1.29 is 17.9 Å². The van der Waals surface area contributed by atoms with Crippen molar-refractivity contribution in [2.75, 3.05) is 49.0 Å². The molecule has 36 heavy (non-hydrogen) atoms. The van der Waals surface area contributed by atoms with Gasteiger partial charge in [0.2, 0.25) is 5.91 Å². The van der Waals surface area contributed by atoms with Crippen LogP contribution in [0.5, 0.6) is 5.75 Å². The maximum Gasteiger partial charge on any atom is 0.264 e. The minimum Gasteiger partial charge on any atom is -0.497 e. The molecule has 3 aromatic rings. The van der Waals surface area contributed by atoms with Gasteiger partial charge in [0.25, 0.3) is 10.0 Å². The Balaban J connectivity index is 1.54. The molecule has 0 saturated carbocycles. The van der Waals surface area contributed by atoms with Crippen LogP contribution < -0.4 is 13.9 Å². The predicted molar refractivity (Wildman–Crippen MR) is 144 cm³/mol. The van der Waals surface area contributed by atoms with Crippen LogP contribution in [-0.4, -0.2) is 59.1 Å². The lowest BCUT2D eigenvalue weighted by Gasteiger charge is -2.37. The zero-order valence-corrected chi connectivity index (χ0v) is 22.4. The van der Waals surface area contributed by atoms with Crippen LogP contribution in [0.3, 0.4) is 0 Å². The van der Waals surface area contributed by atoms with E-state index in [-0.39, 0.29) is 21.5 Å². The number of sulfonamides is 1. The highest BCUT2D eigenvalue weighted by atomic mass is 35.5. The zero-order chi connectivity index (χ0) is 25.9. The fourth-order valence-electron chi connectivity index (χ4n) is 4.04. The van der Waals surface area contributed by atoms with Crippen LogP contribution in [0.1, 0.15) is 5.56 Å². The molecule has 0 aromatic heterocycles. The molecule has 3 aromatic carbocycles. The minimum atomic E-state index is -4.08. The van der Waals surface area contributed by atoms with E-state index in [4.69, 9.17) is 27.9 Å². The number of anilines is 2. The van der Waals surface area contributed by atoms with E-state index in [0.717, 1.165) is 21.3 Å². The van der Waals surface area contributed by atoms with Gasteiger partial charge in [0.1, 0.15) is 12.3 Å². The number of amides is 1. The molecule has 0 unspecified atom stereocenters. The lowest BCUT2D eigenvalue weighted by Crippen LogP contribution is -2.52. The molecule has 0 spiro atoms. The Morgan fingerprint density at radius 1 is 0.944 bits per heavy atom. The number of nitrogens with zero attached hydrogens (tertiary/aromatic N) is 3. The topological polar surface area (TPSA) is 70.2 Å². The largest absolute Gasteiger partial charge is 0.497 e. The number of aryl methyl sites for hydroxylation is 1. The standard InChI is InChI=1S/C26H27Cl2N3O4S/c1-19-3-10-23(11-4-19)36(33,34)31(25-17-20(27)5-12-24(25)28)18-26(32)30-15-13-29(14-16-30)21-6-8-22(35-2)9-7-21/h3-12,17H,13-16,18H2,1-2H3. The van der Waals surface area contributed by atoms with Crippen molar-refractivity contribution in [2.45, 2.75) is 11.8 Å². The van der Waals surface area contributed by atoms with Crippen LogP contribution in [0, 0.1) is 6.92 Å². The molecule has 10 heteroatoms. The van der Waals surface area contributed by atoms with Crippen LogP contribution in [0.4, 0.5) is 11.4 Å². The average molecular weight is 548 g/mol. The van der Waals surface area contributed by atoms with Crippen LogP contribution >= 0.6 is 23.2 Å². The lowest BCUT2D eigenvalue weighted by molar-refractivity contribution is -0.129. The highest BCUT2D eigenvalue weighted by molar-refractivity contribution is 7.92. The number of halogens is 2. The van der Waals surface area contributed by atoms with Crippen LogP contribution in [-0.2, 0) is 14.8 Å². The van der Waals surface area contributed by atoms with Crippen molar-refractivity contribution in [2.24, 2.45) is 0 Å². The van der Waals surface area contributed by atoms with Crippen molar-refractivity contribution >= 4 is 50.5 Å². The third-order valence-corrected chi connectivity index (χ3v) is 8.46. The highest BCUT2D eigenvalue weighted by Gasteiger charge is 2.31. The van der Waals surface area contributed by atoms with E-state index < -0.39 is 16.6 Å². The first-order valence-corrected chi connectivity index (χ1v) is 13.6. The first kappa shape index (κ1) is 26.1. The van der Waals surface area contributed by atoms with Gasteiger partial charge in [-0.1, -0.05) is 40.9 Å². The highest BCUT2D eigenvalue weighted by Crippen LogP contribution is 2.33. The number of methoxy groups -OCH3 is 1. The fourth-order valence-corrected chi connectivity index (χ4v) is 5.90. The van der Waals surface area contributed by atoms with Gasteiger partial charge in [0.15, 0.2) is 0 Å². The number of piperazine rings is 1. The maximum absolute atomic E-state index is 13.7. The van der Waals surface area contributed by atoms with Crippen LogP contribution in [0.15, 0.2) is 71.6 Å². The molecule has 1 heterocycles. The second-order valence-corrected chi connectivity index (χ2v) is 11.2. The number of ether oxygens (including phenoxy) is 1. The maximum atomic E-state index is 13.7. The molecule has 0 N–H and O–H groups in total. The minimum absolute atomic E-state index is 0.0706. The van der Waals surface area contributed by atoms with E-state index in [0.29, 0.717) is 31.2 Å². The quantitative estimate of drug-likeness (QED) is 0.422. The van der Waals surface area contributed by atoms with Gasteiger partial charge in [0, 0.05) is 36.9 Å². The second-order valence-electron chi connectivity index (χ2n) is 8.49. The van der Waals surface area contributed by atoms with Gasteiger partial charge in [-0.25, -0.2) is 8.42 Å². The van der Waals surface area contributed by atoms with E-state index in [1.165, 1.54) is 24.3 Å². The van der Waals surface area contributed by atoms with Gasteiger partial charge in [0.05, 0.1) is 22.7 Å². The van der Waals surface area contributed by atoms with Crippen molar-refractivity contribution in [1.82, 2.24) is 4.90 Å². The summed E-state index contributed by atoms with van der Waals surface area (Å²) in [5.74, 6) is 0.471. The number of hydrogen-bond acceptors (Lipinski definition) is 5. The van der Waals surface area contributed by atoms with E-state index in [1.54, 1.807) is 30.2 Å². The summed E-state index contributed by atoms with van der Waals surface area (Å²) in [5, 5.41) is 0.506. The van der Waals surface area contributed by atoms with Crippen LogP contribution in [0.2, 0.25) is 10.0 Å². The van der Waals surface area contributed by atoms with Gasteiger partial charge in [-0.3, -0.25) is 9.10 Å². The van der Waals surface area contributed by atoms with Crippen molar-refractivity contribution in [3.8, 4) is 5.75 Å². The first-order valence-electron chi connectivity index (χ1n) is 11.4. The van der Waals surface area contributed by atoms with E-state index in [2.05, 4.69) is 4.90 Å². The molecular formula is C26H27Cl2N3O4S. The summed E-state index contributed by atoms with van der Waals surface area (Å²) in [6.45, 7) is 3.66. The van der Waals surface area contributed by atoms with Crippen molar-refractivity contribution in [1.29, 1.82) is 0 Å². The molecule has 0 radical (unpaired) electrons. The Morgan fingerprint density at radius 2 is 1.58 bits per heavy atom. The number of benzene rings is 3. The summed E-state index contributed by atoms with van der Waals surface area (Å²) in [6, 6.07) is 18.8. The SMILES string of the molecule is COc1ccc(N2CCN(C(=O)CN(c3cc(Cl)ccc3Cl)S(=O)(=O)c3ccc(C)cc3)CC2)cc1. The number of carbonyl (C=O) groups is 1. The molecule has 1 saturated heterocycles. The number of hydrogen-bond donors (Lipinski definition) is 0. The summed E-state index contributed by atoms with van der Waals surface area (Å²) < 4.78 is 33.6. The number of carbonyl (C=O) groups excluding carboxylic acids is 1. The third kappa shape index (κ3) is 5.72. The zero-order valence-electron chi connectivity index (χ0n) is 20.0. The number of rotatable bonds is 7. The summed E-state index contributed by atoms with van der Waals surface area (Å²) in [7, 11) is -2.46. The lowest BCUT2D eigenvalue weighted by atomic mass is 10.2. The smallest absolute Gasteiger partial charge is 0.264 e. The van der Waals surface area contributed by atoms with Crippen molar-refractivity contribution in [3.63, 3.8) is 0 Å². The molecule has 0 atom stereocenters. The van der Waals surface area contributed by atoms with E-state index >= 15 is 0 Å². The fraction of sp³-hybridized carbons (Fsp3) is 0.269. The van der Waals surface area contributed by atoms with Gasteiger partial charge < -0.3 is 14.5 Å². The Kier molecular flexibility index (Phi) is 7.97. The second kappa shape index (κ2) is 11.0. The molecule has 1 aliphatic heterocycles. The molecule has 1 fully saturated rings. The molecule has 4 rings (SSSR count). The Hall–Kier alpha value is -2.94. The van der Waals surface area contributed by atoms with Gasteiger partial charge in [-0.05, 0) is 61.5 Å². The summed E-state index contributed by atoms with van der Waals surface area (Å²) in [4.78, 5) is 17.3. The molecular weight excluding hydrogens is 521 g/mol. The molecule has 1 aliphatic rings. The monoisotopic (exact) mass is 547 g/mol. The summed E-state index contributed by atoms with van der Waals surface area (Å²) in [6.07, 6.45) is 0. The Morgan fingerprint density at radius 3 is 2.19 bits per heavy atom. The van der Waals surface area contributed by atoms with E-state index in [9.17, 15) is 13.2 Å². The first-order chi connectivity index (χ1) is 17.2. The normalized spacial score (nSPS) is 14.0.